The molecule has 0 aliphatic rings. The Bertz CT molecular complexity index is 830. The molecule has 0 amide bonds. The molecule has 2 rings (SSSR count). The van der Waals surface area contributed by atoms with Gasteiger partial charge in [0.1, 0.15) is 11.2 Å². The van der Waals surface area contributed by atoms with Gasteiger partial charge in [0.05, 0.1) is 13.1 Å². The first-order valence-corrected chi connectivity index (χ1v) is 9.67. The lowest BCUT2D eigenvalue weighted by Crippen LogP contribution is -2.39. The molecule has 9 heteroatoms. The molecule has 30 heavy (non-hydrogen) atoms. The van der Waals surface area contributed by atoms with Crippen molar-refractivity contribution in [2.45, 2.75) is 59.3 Å². The predicted molar refractivity (Wildman–Crippen MR) is 110 cm³/mol. The molecule has 0 atom stereocenters. The number of ether oxygens (including phenoxy) is 2. The number of hydrogen-bond acceptors (Lipinski definition) is 9. The second-order valence-corrected chi connectivity index (χ2v) is 8.89. The minimum Gasteiger partial charge on any atom is -0.459 e. The minimum atomic E-state index is -0.612. The van der Waals surface area contributed by atoms with Crippen LogP contribution in [0.4, 0.5) is 0 Å². The van der Waals surface area contributed by atoms with Crippen molar-refractivity contribution in [3.8, 4) is 11.4 Å². The SMILES string of the molecule is CC(C)(C)OC(=O)CN(CC(=O)OC(C)(C)C)Cc1cccc(-c2nncnn2)c1. The summed E-state index contributed by atoms with van der Waals surface area (Å²) in [5.41, 5.74) is 0.382. The van der Waals surface area contributed by atoms with E-state index in [1.807, 2.05) is 24.3 Å². The van der Waals surface area contributed by atoms with Crippen LogP contribution in [0.2, 0.25) is 0 Å². The zero-order valence-corrected chi connectivity index (χ0v) is 18.4. The monoisotopic (exact) mass is 415 g/mol. The van der Waals surface area contributed by atoms with Gasteiger partial charge in [-0.15, -0.1) is 20.4 Å². The highest BCUT2D eigenvalue weighted by Gasteiger charge is 2.23. The average molecular weight is 415 g/mol. The summed E-state index contributed by atoms with van der Waals surface area (Å²) in [6.45, 7) is 11.0. The van der Waals surface area contributed by atoms with Crippen LogP contribution in [0.5, 0.6) is 0 Å². The van der Waals surface area contributed by atoms with E-state index in [-0.39, 0.29) is 13.1 Å². The summed E-state index contributed by atoms with van der Waals surface area (Å²) in [5, 5.41) is 15.4. The van der Waals surface area contributed by atoms with E-state index in [9.17, 15) is 9.59 Å². The minimum absolute atomic E-state index is 0.0499. The van der Waals surface area contributed by atoms with Gasteiger partial charge in [-0.25, -0.2) is 0 Å². The smallest absolute Gasteiger partial charge is 0.320 e. The third-order valence-electron chi connectivity index (χ3n) is 3.55. The van der Waals surface area contributed by atoms with Crippen LogP contribution in [0.15, 0.2) is 30.6 Å². The molecule has 1 aromatic carbocycles. The predicted octanol–water partition coefficient (Wildman–Crippen LogP) is 2.42. The van der Waals surface area contributed by atoms with Gasteiger partial charge in [0.25, 0.3) is 0 Å². The molecule has 162 valence electrons. The molecule has 0 N–H and O–H groups in total. The zero-order chi connectivity index (χ0) is 22.4. The molecule has 0 bridgehead atoms. The largest absolute Gasteiger partial charge is 0.459 e. The Morgan fingerprint density at radius 1 is 0.900 bits per heavy atom. The van der Waals surface area contributed by atoms with Crippen LogP contribution in [0.3, 0.4) is 0 Å². The molecular weight excluding hydrogens is 386 g/mol. The molecular formula is C21H29N5O4. The maximum Gasteiger partial charge on any atom is 0.320 e. The van der Waals surface area contributed by atoms with Gasteiger partial charge < -0.3 is 9.47 Å². The molecule has 0 unspecified atom stereocenters. The number of rotatable bonds is 7. The van der Waals surface area contributed by atoms with Crippen LogP contribution in [0, 0.1) is 0 Å². The fraction of sp³-hybridized carbons (Fsp3) is 0.524. The van der Waals surface area contributed by atoms with Crippen molar-refractivity contribution >= 4 is 11.9 Å². The molecule has 0 fully saturated rings. The van der Waals surface area contributed by atoms with Crippen LogP contribution in [0.1, 0.15) is 47.1 Å². The molecule has 0 radical (unpaired) electrons. The van der Waals surface area contributed by atoms with Crippen molar-refractivity contribution in [3.63, 3.8) is 0 Å². The van der Waals surface area contributed by atoms with Crippen molar-refractivity contribution in [2.75, 3.05) is 13.1 Å². The summed E-state index contributed by atoms with van der Waals surface area (Å²) in [4.78, 5) is 26.4. The van der Waals surface area contributed by atoms with Gasteiger partial charge in [-0.2, -0.15) is 0 Å². The van der Waals surface area contributed by atoms with Crippen molar-refractivity contribution in [3.05, 3.63) is 36.2 Å². The normalized spacial score (nSPS) is 12.0. The molecule has 0 saturated heterocycles. The van der Waals surface area contributed by atoms with Gasteiger partial charge in [-0.3, -0.25) is 14.5 Å². The van der Waals surface area contributed by atoms with E-state index in [0.717, 1.165) is 11.1 Å². The Labute approximate surface area is 176 Å². The quantitative estimate of drug-likeness (QED) is 0.630. The maximum absolute atomic E-state index is 12.4. The molecule has 1 heterocycles. The molecule has 0 aliphatic heterocycles. The molecule has 0 saturated carbocycles. The van der Waals surface area contributed by atoms with E-state index < -0.39 is 23.1 Å². The zero-order valence-electron chi connectivity index (χ0n) is 18.4. The standard InChI is InChI=1S/C21H29N5O4/c1-20(2,3)29-17(27)12-26(13-18(28)30-21(4,5)6)11-15-8-7-9-16(10-15)19-24-22-14-23-25-19/h7-10,14H,11-13H2,1-6H3. The maximum atomic E-state index is 12.4. The number of aromatic nitrogens is 4. The lowest BCUT2D eigenvalue weighted by molar-refractivity contribution is -0.160. The number of hydrogen-bond donors (Lipinski definition) is 0. The first-order chi connectivity index (χ1) is 13.9. The number of carbonyl (C=O) groups is 2. The number of esters is 2. The van der Waals surface area contributed by atoms with E-state index in [1.54, 1.807) is 46.4 Å². The van der Waals surface area contributed by atoms with Crippen molar-refractivity contribution in [2.24, 2.45) is 0 Å². The van der Waals surface area contributed by atoms with Gasteiger partial charge in [-0.05, 0) is 53.2 Å². The number of nitrogens with zero attached hydrogens (tertiary/aromatic N) is 5. The fourth-order valence-corrected chi connectivity index (χ4v) is 2.67. The summed E-state index contributed by atoms with van der Waals surface area (Å²) in [6.07, 6.45) is 1.26. The van der Waals surface area contributed by atoms with Gasteiger partial charge >= 0.3 is 11.9 Å². The lowest BCUT2D eigenvalue weighted by Gasteiger charge is -2.26. The van der Waals surface area contributed by atoms with Crippen molar-refractivity contribution in [1.29, 1.82) is 0 Å². The van der Waals surface area contributed by atoms with Gasteiger partial charge in [0.15, 0.2) is 6.33 Å². The number of benzene rings is 1. The van der Waals surface area contributed by atoms with Crippen LogP contribution in [-0.2, 0) is 25.6 Å². The summed E-state index contributed by atoms with van der Waals surface area (Å²) in [6, 6.07) is 7.45. The van der Waals surface area contributed by atoms with E-state index >= 15 is 0 Å². The molecule has 9 nitrogen and oxygen atoms in total. The van der Waals surface area contributed by atoms with E-state index in [0.29, 0.717) is 12.4 Å². The Kier molecular flexibility index (Phi) is 7.55. The average Bonchev–Trinajstić information content (AvgIpc) is 2.59. The third-order valence-corrected chi connectivity index (χ3v) is 3.55. The van der Waals surface area contributed by atoms with Crippen molar-refractivity contribution in [1.82, 2.24) is 25.3 Å². The van der Waals surface area contributed by atoms with Gasteiger partial charge in [0, 0.05) is 12.1 Å². The van der Waals surface area contributed by atoms with E-state index in [1.165, 1.54) is 6.33 Å². The van der Waals surface area contributed by atoms with E-state index in [2.05, 4.69) is 20.4 Å². The molecule has 2 aromatic rings. The fourth-order valence-electron chi connectivity index (χ4n) is 2.67. The first-order valence-electron chi connectivity index (χ1n) is 9.67. The van der Waals surface area contributed by atoms with Crippen LogP contribution in [0.25, 0.3) is 11.4 Å². The lowest BCUT2D eigenvalue weighted by atomic mass is 10.1. The van der Waals surface area contributed by atoms with Crippen molar-refractivity contribution < 1.29 is 19.1 Å². The summed E-state index contributed by atoms with van der Waals surface area (Å²) in [5.74, 6) is -0.436. The van der Waals surface area contributed by atoms with Gasteiger partial charge in [0.2, 0.25) is 5.82 Å². The summed E-state index contributed by atoms with van der Waals surface area (Å²) < 4.78 is 10.8. The molecule has 0 aliphatic carbocycles. The highest BCUT2D eigenvalue weighted by Crippen LogP contribution is 2.17. The summed E-state index contributed by atoms with van der Waals surface area (Å²) in [7, 11) is 0. The number of carbonyl (C=O) groups excluding carboxylic acids is 2. The summed E-state index contributed by atoms with van der Waals surface area (Å²) >= 11 is 0. The van der Waals surface area contributed by atoms with Crippen LogP contribution in [-0.4, -0.2) is 61.5 Å². The Morgan fingerprint density at radius 2 is 1.43 bits per heavy atom. The highest BCUT2D eigenvalue weighted by atomic mass is 16.6. The Hall–Kier alpha value is -2.94. The topological polar surface area (TPSA) is 107 Å². The third kappa shape index (κ3) is 8.60. The van der Waals surface area contributed by atoms with Crippen LogP contribution >= 0.6 is 0 Å². The van der Waals surface area contributed by atoms with E-state index in [4.69, 9.17) is 9.47 Å². The second kappa shape index (κ2) is 9.71. The Balaban J connectivity index is 2.17. The van der Waals surface area contributed by atoms with Crippen LogP contribution < -0.4 is 0 Å². The Morgan fingerprint density at radius 3 is 1.93 bits per heavy atom. The second-order valence-electron chi connectivity index (χ2n) is 8.89. The molecule has 1 aromatic heterocycles. The molecule has 0 spiro atoms. The van der Waals surface area contributed by atoms with Gasteiger partial charge in [-0.1, -0.05) is 18.2 Å². The first kappa shape index (κ1) is 23.3. The highest BCUT2D eigenvalue weighted by molar-refractivity contribution is 5.75.